The van der Waals surface area contributed by atoms with Crippen LogP contribution in [0.25, 0.3) is 0 Å². The van der Waals surface area contributed by atoms with Crippen molar-refractivity contribution in [2.75, 3.05) is 19.7 Å². The summed E-state index contributed by atoms with van der Waals surface area (Å²) in [4.78, 5) is 0. The normalized spacial score (nSPS) is 21.6. The summed E-state index contributed by atoms with van der Waals surface area (Å²) >= 11 is 5.73. The van der Waals surface area contributed by atoms with Crippen LogP contribution in [0.4, 0.5) is 0 Å². The largest absolute Gasteiger partial charge is 0.377 e. The first-order chi connectivity index (χ1) is 9.51. The molecule has 6 heteroatoms. The van der Waals surface area contributed by atoms with Crippen LogP contribution >= 0.6 is 11.6 Å². The number of halogens is 1. The van der Waals surface area contributed by atoms with Crippen molar-refractivity contribution < 1.29 is 13.2 Å². The van der Waals surface area contributed by atoms with E-state index in [1.165, 1.54) is 0 Å². The van der Waals surface area contributed by atoms with Crippen molar-refractivity contribution in [3.8, 4) is 0 Å². The van der Waals surface area contributed by atoms with Gasteiger partial charge in [-0.05, 0) is 24.5 Å². The van der Waals surface area contributed by atoms with Crippen molar-refractivity contribution in [2.24, 2.45) is 0 Å². The summed E-state index contributed by atoms with van der Waals surface area (Å²) in [6.45, 7) is 3.50. The number of nitrogens with zero attached hydrogens (tertiary/aromatic N) is 1. The van der Waals surface area contributed by atoms with Crippen LogP contribution in [0.3, 0.4) is 0 Å². The number of hydrogen-bond acceptors (Lipinski definition) is 3. The van der Waals surface area contributed by atoms with E-state index in [-0.39, 0.29) is 11.9 Å². The lowest BCUT2D eigenvalue weighted by molar-refractivity contribution is 0.0752. The molecule has 20 heavy (non-hydrogen) atoms. The fourth-order valence-corrected chi connectivity index (χ4v) is 4.05. The van der Waals surface area contributed by atoms with E-state index in [0.29, 0.717) is 25.6 Å². The van der Waals surface area contributed by atoms with E-state index in [0.717, 1.165) is 17.5 Å². The van der Waals surface area contributed by atoms with Gasteiger partial charge in [0.1, 0.15) is 0 Å². The van der Waals surface area contributed by atoms with Gasteiger partial charge >= 0.3 is 0 Å². The van der Waals surface area contributed by atoms with Gasteiger partial charge in [0, 0.05) is 25.6 Å². The Morgan fingerprint density at radius 3 is 2.60 bits per heavy atom. The van der Waals surface area contributed by atoms with Gasteiger partial charge in [-0.15, -0.1) is 11.6 Å². The zero-order valence-corrected chi connectivity index (χ0v) is 13.2. The van der Waals surface area contributed by atoms with Gasteiger partial charge < -0.3 is 4.74 Å². The first kappa shape index (κ1) is 15.8. The molecule has 1 fully saturated rings. The Morgan fingerprint density at radius 1 is 1.30 bits per heavy atom. The van der Waals surface area contributed by atoms with Crippen LogP contribution in [0.2, 0.25) is 0 Å². The highest BCUT2D eigenvalue weighted by molar-refractivity contribution is 7.88. The molecule has 0 radical (unpaired) electrons. The van der Waals surface area contributed by atoms with Crippen molar-refractivity contribution in [2.45, 2.75) is 31.1 Å². The molecule has 1 aliphatic heterocycles. The SMILES string of the molecule is CC1CN(S(=O)(=O)Cc2ccc(CCl)cc2)CCCO1. The maximum absolute atomic E-state index is 12.5. The third-order valence-electron chi connectivity index (χ3n) is 3.33. The third kappa shape index (κ3) is 4.19. The summed E-state index contributed by atoms with van der Waals surface area (Å²) in [5, 5.41) is 0. The quantitative estimate of drug-likeness (QED) is 0.801. The average molecular weight is 318 g/mol. The van der Waals surface area contributed by atoms with Gasteiger partial charge in [-0.3, -0.25) is 0 Å². The van der Waals surface area contributed by atoms with E-state index in [9.17, 15) is 8.42 Å². The fraction of sp³-hybridized carbons (Fsp3) is 0.571. The van der Waals surface area contributed by atoms with Crippen LogP contribution in [-0.2, 0) is 26.4 Å². The molecule has 0 aromatic heterocycles. The molecule has 1 aliphatic rings. The van der Waals surface area contributed by atoms with Gasteiger partial charge in [0.25, 0.3) is 0 Å². The average Bonchev–Trinajstić information content (AvgIpc) is 2.64. The first-order valence-electron chi connectivity index (χ1n) is 6.74. The number of rotatable bonds is 4. The van der Waals surface area contributed by atoms with Crippen LogP contribution in [0.15, 0.2) is 24.3 Å². The summed E-state index contributed by atoms with van der Waals surface area (Å²) in [6.07, 6.45) is 0.695. The molecule has 0 aliphatic carbocycles. The van der Waals surface area contributed by atoms with Crippen molar-refractivity contribution in [1.29, 1.82) is 0 Å². The number of alkyl halides is 1. The Balaban J connectivity index is 2.08. The summed E-state index contributed by atoms with van der Waals surface area (Å²) in [6, 6.07) is 7.39. The number of hydrogen-bond donors (Lipinski definition) is 0. The van der Waals surface area contributed by atoms with Crippen molar-refractivity contribution in [1.82, 2.24) is 4.31 Å². The molecule has 0 saturated carbocycles. The van der Waals surface area contributed by atoms with Crippen molar-refractivity contribution in [3.63, 3.8) is 0 Å². The minimum absolute atomic E-state index is 0.0300. The maximum atomic E-state index is 12.5. The molecule has 1 aromatic carbocycles. The molecule has 0 N–H and O–H groups in total. The zero-order valence-electron chi connectivity index (χ0n) is 11.6. The molecule has 0 bridgehead atoms. The van der Waals surface area contributed by atoms with E-state index in [1.807, 2.05) is 31.2 Å². The minimum atomic E-state index is -3.29. The molecule has 1 heterocycles. The number of sulfonamides is 1. The molecule has 4 nitrogen and oxygen atoms in total. The molecule has 1 unspecified atom stereocenters. The minimum Gasteiger partial charge on any atom is -0.377 e. The molecular weight excluding hydrogens is 298 g/mol. The zero-order chi connectivity index (χ0) is 14.6. The first-order valence-corrected chi connectivity index (χ1v) is 8.89. The van der Waals surface area contributed by atoms with Crippen LogP contribution in [0.5, 0.6) is 0 Å². The second-order valence-corrected chi connectivity index (χ2v) is 7.34. The Morgan fingerprint density at radius 2 is 1.95 bits per heavy atom. The Hall–Kier alpha value is -0.620. The molecule has 1 aromatic rings. The van der Waals surface area contributed by atoms with Gasteiger partial charge in [-0.25, -0.2) is 8.42 Å². The lowest BCUT2D eigenvalue weighted by atomic mass is 10.2. The summed E-state index contributed by atoms with van der Waals surface area (Å²) in [5.74, 6) is 0.469. The van der Waals surface area contributed by atoms with E-state index >= 15 is 0 Å². The van der Waals surface area contributed by atoms with Crippen LogP contribution < -0.4 is 0 Å². The molecule has 0 spiro atoms. The molecule has 1 atom stereocenters. The van der Waals surface area contributed by atoms with E-state index in [1.54, 1.807) is 4.31 Å². The monoisotopic (exact) mass is 317 g/mol. The molecule has 1 saturated heterocycles. The third-order valence-corrected chi connectivity index (χ3v) is 5.46. The van der Waals surface area contributed by atoms with Crippen molar-refractivity contribution >= 4 is 21.6 Å². The number of benzene rings is 1. The molecular formula is C14H20ClNO3S. The predicted octanol–water partition coefficient (Wildman–Crippen LogP) is 2.37. The van der Waals surface area contributed by atoms with Crippen LogP contribution in [0.1, 0.15) is 24.5 Å². The van der Waals surface area contributed by atoms with Crippen molar-refractivity contribution in [3.05, 3.63) is 35.4 Å². The predicted molar refractivity (Wildman–Crippen MR) is 80.2 cm³/mol. The summed E-state index contributed by atoms with van der Waals surface area (Å²) in [5.41, 5.74) is 1.78. The van der Waals surface area contributed by atoms with Crippen LogP contribution in [0, 0.1) is 0 Å². The van der Waals surface area contributed by atoms with E-state index in [4.69, 9.17) is 16.3 Å². The molecule has 0 amide bonds. The highest BCUT2D eigenvalue weighted by atomic mass is 35.5. The van der Waals surface area contributed by atoms with Gasteiger partial charge in [0.15, 0.2) is 0 Å². The maximum Gasteiger partial charge on any atom is 0.218 e. The van der Waals surface area contributed by atoms with Crippen LogP contribution in [-0.4, -0.2) is 38.5 Å². The standard InChI is InChI=1S/C14H20ClNO3S/c1-12-10-16(7-2-8-19-12)20(17,18)11-14-5-3-13(9-15)4-6-14/h3-6,12H,2,7-11H2,1H3. The van der Waals surface area contributed by atoms with Gasteiger partial charge in [-0.2, -0.15) is 4.31 Å². The lowest BCUT2D eigenvalue weighted by Gasteiger charge is -2.21. The van der Waals surface area contributed by atoms with E-state index in [2.05, 4.69) is 0 Å². The molecule has 2 rings (SSSR count). The fourth-order valence-electron chi connectivity index (χ4n) is 2.24. The van der Waals surface area contributed by atoms with Gasteiger partial charge in [0.05, 0.1) is 11.9 Å². The highest BCUT2D eigenvalue weighted by Gasteiger charge is 2.26. The Kier molecular flexibility index (Phi) is 5.43. The second kappa shape index (κ2) is 6.89. The topological polar surface area (TPSA) is 46.6 Å². The Labute approximate surface area is 125 Å². The molecule has 112 valence electrons. The number of ether oxygens (including phenoxy) is 1. The summed E-state index contributed by atoms with van der Waals surface area (Å²) in [7, 11) is -3.29. The smallest absolute Gasteiger partial charge is 0.218 e. The summed E-state index contributed by atoms with van der Waals surface area (Å²) < 4.78 is 31.9. The Bertz CT molecular complexity index is 530. The second-order valence-electron chi connectivity index (χ2n) is 5.10. The lowest BCUT2D eigenvalue weighted by Crippen LogP contribution is -2.36. The highest BCUT2D eigenvalue weighted by Crippen LogP contribution is 2.16. The van der Waals surface area contributed by atoms with Gasteiger partial charge in [-0.1, -0.05) is 24.3 Å². The van der Waals surface area contributed by atoms with E-state index < -0.39 is 10.0 Å². The van der Waals surface area contributed by atoms with Gasteiger partial charge in [0.2, 0.25) is 10.0 Å².